The van der Waals surface area contributed by atoms with Crippen LogP contribution in [-0.2, 0) is 17.8 Å². The monoisotopic (exact) mass is 461 g/mol. The van der Waals surface area contributed by atoms with Gasteiger partial charge >= 0.3 is 5.97 Å². The number of hydrogen-bond donors (Lipinski definition) is 3. The van der Waals surface area contributed by atoms with Gasteiger partial charge in [0.2, 0.25) is 11.2 Å². The maximum absolute atomic E-state index is 13.1. The molecule has 0 bridgehead atoms. The van der Waals surface area contributed by atoms with Crippen molar-refractivity contribution >= 4 is 16.9 Å². The van der Waals surface area contributed by atoms with Gasteiger partial charge in [0.1, 0.15) is 23.6 Å². The fourth-order valence-electron chi connectivity index (χ4n) is 3.61. The third-order valence-electron chi connectivity index (χ3n) is 5.38. The van der Waals surface area contributed by atoms with Gasteiger partial charge in [-0.25, -0.2) is 0 Å². The van der Waals surface area contributed by atoms with E-state index in [4.69, 9.17) is 13.9 Å². The summed E-state index contributed by atoms with van der Waals surface area (Å²) in [5, 5.41) is 23.2. The van der Waals surface area contributed by atoms with Gasteiger partial charge < -0.3 is 24.1 Å². The van der Waals surface area contributed by atoms with Crippen LogP contribution < -0.4 is 20.2 Å². The number of para-hydroxylation sites is 2. The molecular formula is C26H23NO7. The molecule has 4 aromatic rings. The second-order valence-corrected chi connectivity index (χ2v) is 7.58. The fourth-order valence-corrected chi connectivity index (χ4v) is 3.61. The Balaban J connectivity index is 1.62. The molecule has 0 saturated carbocycles. The van der Waals surface area contributed by atoms with E-state index in [2.05, 4.69) is 5.32 Å². The Morgan fingerprint density at radius 3 is 2.41 bits per heavy atom. The minimum atomic E-state index is -1.03. The molecule has 1 unspecified atom stereocenters. The third-order valence-corrected chi connectivity index (χ3v) is 5.38. The molecule has 3 N–H and O–H groups in total. The zero-order valence-corrected chi connectivity index (χ0v) is 18.4. The van der Waals surface area contributed by atoms with Gasteiger partial charge in [-0.15, -0.1) is 0 Å². The largest absolute Gasteiger partial charge is 0.507 e. The van der Waals surface area contributed by atoms with Crippen molar-refractivity contribution in [2.45, 2.75) is 19.0 Å². The standard InChI is InChI=1S/C26H23NO7/c1-32-21-9-5-6-10-22(21)34-23-15-33-25-17(24(23)29)11-12-20(28)18(25)14-27-19(26(30)31)13-16-7-3-2-4-8-16/h2-12,15,19,27-28H,13-14H2,1H3,(H,30,31). The van der Waals surface area contributed by atoms with Gasteiger partial charge in [-0.2, -0.15) is 0 Å². The Morgan fingerprint density at radius 1 is 1.00 bits per heavy atom. The maximum atomic E-state index is 13.1. The van der Waals surface area contributed by atoms with Crippen molar-refractivity contribution in [2.75, 3.05) is 7.11 Å². The molecule has 0 radical (unpaired) electrons. The molecule has 0 aliphatic carbocycles. The molecule has 174 valence electrons. The highest BCUT2D eigenvalue weighted by molar-refractivity contribution is 5.83. The lowest BCUT2D eigenvalue weighted by atomic mass is 10.0. The molecule has 1 heterocycles. The molecule has 0 saturated heterocycles. The molecule has 8 heteroatoms. The molecule has 34 heavy (non-hydrogen) atoms. The molecule has 3 aromatic carbocycles. The number of hydrogen-bond acceptors (Lipinski definition) is 7. The van der Waals surface area contributed by atoms with Gasteiger partial charge in [-0.1, -0.05) is 42.5 Å². The zero-order valence-electron chi connectivity index (χ0n) is 18.4. The Hall–Kier alpha value is -4.30. The van der Waals surface area contributed by atoms with Gasteiger partial charge in [-0.05, 0) is 36.2 Å². The number of carboxylic acid groups (broad SMARTS) is 1. The Kier molecular flexibility index (Phi) is 6.79. The van der Waals surface area contributed by atoms with Gasteiger partial charge in [-0.3, -0.25) is 14.9 Å². The van der Waals surface area contributed by atoms with Crippen LogP contribution in [-0.4, -0.2) is 29.3 Å². The highest BCUT2D eigenvalue weighted by Crippen LogP contribution is 2.32. The summed E-state index contributed by atoms with van der Waals surface area (Å²) >= 11 is 0. The first-order valence-corrected chi connectivity index (χ1v) is 10.5. The van der Waals surface area contributed by atoms with Crippen molar-refractivity contribution in [1.29, 1.82) is 0 Å². The number of carbonyl (C=O) groups is 1. The van der Waals surface area contributed by atoms with E-state index in [1.165, 1.54) is 25.5 Å². The lowest BCUT2D eigenvalue weighted by Gasteiger charge is -2.16. The van der Waals surface area contributed by atoms with E-state index in [1.54, 1.807) is 24.3 Å². The highest BCUT2D eigenvalue weighted by atomic mass is 16.5. The van der Waals surface area contributed by atoms with Gasteiger partial charge in [0.05, 0.1) is 18.1 Å². The van der Waals surface area contributed by atoms with Crippen LogP contribution in [0.25, 0.3) is 11.0 Å². The molecule has 0 aliphatic rings. The average molecular weight is 461 g/mol. The van der Waals surface area contributed by atoms with E-state index in [9.17, 15) is 19.8 Å². The van der Waals surface area contributed by atoms with Crippen LogP contribution in [0.4, 0.5) is 0 Å². The third kappa shape index (κ3) is 4.87. The molecular weight excluding hydrogens is 438 g/mol. The second-order valence-electron chi connectivity index (χ2n) is 7.58. The summed E-state index contributed by atoms with van der Waals surface area (Å²) in [5.74, 6) is -0.393. The molecule has 0 spiro atoms. The summed E-state index contributed by atoms with van der Waals surface area (Å²) in [7, 11) is 1.50. The molecule has 1 aromatic heterocycles. The number of phenolic OH excluding ortho intramolecular Hbond substituents is 1. The predicted molar refractivity (Wildman–Crippen MR) is 126 cm³/mol. The number of carboxylic acids is 1. The maximum Gasteiger partial charge on any atom is 0.321 e. The molecule has 8 nitrogen and oxygen atoms in total. The van der Waals surface area contributed by atoms with E-state index >= 15 is 0 Å². The van der Waals surface area contributed by atoms with E-state index < -0.39 is 17.4 Å². The number of fused-ring (bicyclic) bond motifs is 1. The first-order chi connectivity index (χ1) is 16.5. The number of aromatic hydroxyl groups is 1. The van der Waals surface area contributed by atoms with Crippen LogP contribution in [0.15, 0.2) is 82.2 Å². The summed E-state index contributed by atoms with van der Waals surface area (Å²) in [6, 6.07) is 18.0. The van der Waals surface area contributed by atoms with Crippen LogP contribution in [0.3, 0.4) is 0 Å². The van der Waals surface area contributed by atoms with Crippen molar-refractivity contribution in [2.24, 2.45) is 0 Å². The molecule has 4 rings (SSSR count). The fraction of sp³-hybridized carbons (Fsp3) is 0.154. The quantitative estimate of drug-likeness (QED) is 0.341. The predicted octanol–water partition coefficient (Wildman–Crippen LogP) is 4.09. The number of ether oxygens (including phenoxy) is 2. The number of benzene rings is 3. The summed E-state index contributed by atoms with van der Waals surface area (Å²) < 4.78 is 16.6. The van der Waals surface area contributed by atoms with Crippen molar-refractivity contribution in [3.05, 3.63) is 94.3 Å². The minimum absolute atomic E-state index is 0.0252. The Labute approximate surface area is 195 Å². The molecule has 0 fully saturated rings. The smallest absolute Gasteiger partial charge is 0.321 e. The van der Waals surface area contributed by atoms with Crippen LogP contribution >= 0.6 is 0 Å². The first-order valence-electron chi connectivity index (χ1n) is 10.5. The van der Waals surface area contributed by atoms with Crippen LogP contribution in [0.1, 0.15) is 11.1 Å². The average Bonchev–Trinajstić information content (AvgIpc) is 2.85. The van der Waals surface area contributed by atoms with Crippen LogP contribution in [0.5, 0.6) is 23.0 Å². The first kappa shape index (κ1) is 22.9. The van der Waals surface area contributed by atoms with Gasteiger partial charge in [0, 0.05) is 6.54 Å². The Bertz CT molecular complexity index is 1360. The van der Waals surface area contributed by atoms with Gasteiger partial charge in [0.25, 0.3) is 0 Å². The lowest BCUT2D eigenvalue weighted by molar-refractivity contribution is -0.139. The summed E-state index contributed by atoms with van der Waals surface area (Å²) in [6.45, 7) is -0.0252. The molecule has 0 aliphatic heterocycles. The number of aliphatic carboxylic acids is 1. The van der Waals surface area contributed by atoms with E-state index in [1.807, 2.05) is 30.3 Å². The number of methoxy groups -OCH3 is 1. The minimum Gasteiger partial charge on any atom is -0.507 e. The summed E-state index contributed by atoms with van der Waals surface area (Å²) in [6.07, 6.45) is 1.42. The second kappa shape index (κ2) is 10.1. The van der Waals surface area contributed by atoms with Gasteiger partial charge in [0.15, 0.2) is 11.5 Å². The van der Waals surface area contributed by atoms with Crippen molar-refractivity contribution in [3.8, 4) is 23.0 Å². The summed E-state index contributed by atoms with van der Waals surface area (Å²) in [5.41, 5.74) is 0.841. The number of nitrogens with one attached hydrogen (secondary N) is 1. The highest BCUT2D eigenvalue weighted by Gasteiger charge is 2.21. The molecule has 0 amide bonds. The summed E-state index contributed by atoms with van der Waals surface area (Å²) in [4.78, 5) is 24.8. The van der Waals surface area contributed by atoms with Crippen molar-refractivity contribution < 1.29 is 28.9 Å². The Morgan fingerprint density at radius 2 is 1.71 bits per heavy atom. The van der Waals surface area contributed by atoms with Crippen LogP contribution in [0, 0.1) is 0 Å². The normalized spacial score (nSPS) is 11.8. The number of rotatable bonds is 9. The van der Waals surface area contributed by atoms with Crippen molar-refractivity contribution in [3.63, 3.8) is 0 Å². The lowest BCUT2D eigenvalue weighted by Crippen LogP contribution is -2.38. The SMILES string of the molecule is COc1ccccc1Oc1coc2c(CNC(Cc3ccccc3)C(=O)O)c(O)ccc2c1=O. The topological polar surface area (TPSA) is 118 Å². The van der Waals surface area contributed by atoms with E-state index in [0.29, 0.717) is 11.5 Å². The van der Waals surface area contributed by atoms with Crippen LogP contribution in [0.2, 0.25) is 0 Å². The number of phenols is 1. The van der Waals surface area contributed by atoms with Crippen molar-refractivity contribution in [1.82, 2.24) is 5.32 Å². The van der Waals surface area contributed by atoms with E-state index in [0.717, 1.165) is 5.56 Å². The zero-order chi connectivity index (χ0) is 24.1. The molecule has 1 atom stereocenters. The van der Waals surface area contributed by atoms with E-state index in [-0.39, 0.29) is 41.0 Å².